The number of hydrogen-bond donors (Lipinski definition) is 2. The van der Waals surface area contributed by atoms with Gasteiger partial charge in [-0.05, 0) is 23.6 Å². The van der Waals surface area contributed by atoms with E-state index >= 15 is 0 Å². The second-order valence-corrected chi connectivity index (χ2v) is 6.43. The maximum Gasteiger partial charge on any atom is 0.221 e. The summed E-state index contributed by atoms with van der Waals surface area (Å²) < 4.78 is 5.68. The van der Waals surface area contributed by atoms with Gasteiger partial charge in [-0.15, -0.1) is 0 Å². The van der Waals surface area contributed by atoms with E-state index in [1.54, 1.807) is 0 Å². The quantitative estimate of drug-likeness (QED) is 0.773. The molecule has 1 amide bonds. The Labute approximate surface area is 128 Å². The Balaban J connectivity index is 2.60. The SMILES string of the molecule is CC(C)COc1ccc(C(C)(C)CNC(=O)CCN)cc1. The summed E-state index contributed by atoms with van der Waals surface area (Å²) in [6.07, 6.45) is 0.373. The van der Waals surface area contributed by atoms with Crippen molar-refractivity contribution in [1.82, 2.24) is 5.32 Å². The molecule has 3 N–H and O–H groups in total. The first kappa shape index (κ1) is 17.5. The van der Waals surface area contributed by atoms with Crippen LogP contribution in [-0.2, 0) is 10.2 Å². The van der Waals surface area contributed by atoms with E-state index in [0.717, 1.165) is 12.4 Å². The van der Waals surface area contributed by atoms with Crippen LogP contribution in [0.15, 0.2) is 24.3 Å². The number of benzene rings is 1. The number of ether oxygens (including phenoxy) is 1. The lowest BCUT2D eigenvalue weighted by atomic mass is 9.84. The van der Waals surface area contributed by atoms with Gasteiger partial charge in [0.25, 0.3) is 0 Å². The summed E-state index contributed by atoms with van der Waals surface area (Å²) in [6.45, 7) is 10.2. The van der Waals surface area contributed by atoms with Crippen molar-refractivity contribution in [3.05, 3.63) is 29.8 Å². The molecule has 21 heavy (non-hydrogen) atoms. The monoisotopic (exact) mass is 292 g/mol. The molecule has 0 unspecified atom stereocenters. The molecule has 0 aromatic heterocycles. The minimum absolute atomic E-state index is 0.00228. The first-order valence-electron chi connectivity index (χ1n) is 7.55. The molecule has 1 aromatic rings. The number of nitrogens with one attached hydrogen (secondary N) is 1. The number of carbonyl (C=O) groups excluding carboxylic acids is 1. The standard InChI is InChI=1S/C17H28N2O2/c1-13(2)11-21-15-7-5-14(6-8-15)17(3,4)12-19-16(20)9-10-18/h5-8,13H,9-12,18H2,1-4H3,(H,19,20). The van der Waals surface area contributed by atoms with Crippen molar-refractivity contribution >= 4 is 5.91 Å². The summed E-state index contributed by atoms with van der Waals surface area (Å²) in [6, 6.07) is 8.10. The van der Waals surface area contributed by atoms with E-state index in [2.05, 4.69) is 45.1 Å². The molecule has 0 aliphatic heterocycles. The van der Waals surface area contributed by atoms with Crippen LogP contribution in [0, 0.1) is 5.92 Å². The second-order valence-electron chi connectivity index (χ2n) is 6.43. The molecule has 0 heterocycles. The van der Waals surface area contributed by atoms with Gasteiger partial charge in [-0.3, -0.25) is 4.79 Å². The van der Waals surface area contributed by atoms with Gasteiger partial charge >= 0.3 is 0 Å². The lowest BCUT2D eigenvalue weighted by Gasteiger charge is -2.26. The van der Waals surface area contributed by atoms with E-state index in [1.807, 2.05) is 12.1 Å². The lowest BCUT2D eigenvalue weighted by molar-refractivity contribution is -0.121. The molecule has 0 saturated carbocycles. The number of amides is 1. The van der Waals surface area contributed by atoms with Gasteiger partial charge in [0.05, 0.1) is 6.61 Å². The lowest BCUT2D eigenvalue weighted by Crippen LogP contribution is -2.37. The van der Waals surface area contributed by atoms with Crippen LogP contribution in [0.2, 0.25) is 0 Å². The first-order valence-corrected chi connectivity index (χ1v) is 7.55. The Morgan fingerprint density at radius 2 is 1.90 bits per heavy atom. The fraction of sp³-hybridized carbons (Fsp3) is 0.588. The van der Waals surface area contributed by atoms with Crippen LogP contribution in [0.3, 0.4) is 0 Å². The van der Waals surface area contributed by atoms with Crippen molar-refractivity contribution in [3.8, 4) is 5.75 Å². The van der Waals surface area contributed by atoms with Gasteiger partial charge in [0.2, 0.25) is 5.91 Å². The topological polar surface area (TPSA) is 64.3 Å². The highest BCUT2D eigenvalue weighted by Crippen LogP contribution is 2.24. The van der Waals surface area contributed by atoms with Crippen molar-refractivity contribution in [3.63, 3.8) is 0 Å². The smallest absolute Gasteiger partial charge is 0.221 e. The highest BCUT2D eigenvalue weighted by atomic mass is 16.5. The van der Waals surface area contributed by atoms with Crippen molar-refractivity contribution < 1.29 is 9.53 Å². The molecular formula is C17H28N2O2. The largest absolute Gasteiger partial charge is 0.493 e. The zero-order chi connectivity index (χ0) is 15.9. The third kappa shape index (κ3) is 6.17. The van der Waals surface area contributed by atoms with Gasteiger partial charge in [-0.2, -0.15) is 0 Å². The predicted molar refractivity (Wildman–Crippen MR) is 86.5 cm³/mol. The zero-order valence-electron chi connectivity index (χ0n) is 13.6. The fourth-order valence-electron chi connectivity index (χ4n) is 1.91. The third-order valence-corrected chi connectivity index (χ3v) is 3.32. The van der Waals surface area contributed by atoms with Gasteiger partial charge < -0.3 is 15.8 Å². The minimum atomic E-state index is -0.124. The van der Waals surface area contributed by atoms with Gasteiger partial charge in [0, 0.05) is 24.9 Å². The molecule has 1 rings (SSSR count). The summed E-state index contributed by atoms with van der Waals surface area (Å²) in [7, 11) is 0. The molecule has 4 nitrogen and oxygen atoms in total. The normalized spacial score (nSPS) is 11.5. The van der Waals surface area contributed by atoms with Crippen molar-refractivity contribution in [1.29, 1.82) is 0 Å². The highest BCUT2D eigenvalue weighted by molar-refractivity contribution is 5.76. The third-order valence-electron chi connectivity index (χ3n) is 3.32. The molecule has 0 radical (unpaired) electrons. The van der Waals surface area contributed by atoms with Gasteiger partial charge in [0.1, 0.15) is 5.75 Å². The van der Waals surface area contributed by atoms with E-state index in [0.29, 0.717) is 25.4 Å². The van der Waals surface area contributed by atoms with E-state index < -0.39 is 0 Å². The van der Waals surface area contributed by atoms with E-state index in [-0.39, 0.29) is 11.3 Å². The maximum atomic E-state index is 11.5. The maximum absolute atomic E-state index is 11.5. The molecule has 0 bridgehead atoms. The number of hydrogen-bond acceptors (Lipinski definition) is 3. The summed E-state index contributed by atoms with van der Waals surface area (Å²) >= 11 is 0. The van der Waals surface area contributed by atoms with Crippen LogP contribution < -0.4 is 15.8 Å². The van der Waals surface area contributed by atoms with Gasteiger partial charge in [-0.1, -0.05) is 39.8 Å². The van der Waals surface area contributed by atoms with Gasteiger partial charge in [-0.25, -0.2) is 0 Å². The highest BCUT2D eigenvalue weighted by Gasteiger charge is 2.21. The molecule has 1 aromatic carbocycles. The Kier molecular flexibility index (Phi) is 6.69. The minimum Gasteiger partial charge on any atom is -0.493 e. The Morgan fingerprint density at radius 1 is 1.29 bits per heavy atom. The molecule has 0 aliphatic rings. The number of carbonyl (C=O) groups is 1. The molecule has 0 saturated heterocycles. The van der Waals surface area contributed by atoms with Crippen molar-refractivity contribution in [2.24, 2.45) is 11.7 Å². The summed E-state index contributed by atoms with van der Waals surface area (Å²) in [4.78, 5) is 11.5. The van der Waals surface area contributed by atoms with Crippen LogP contribution in [0.4, 0.5) is 0 Å². The number of rotatable bonds is 8. The molecule has 0 atom stereocenters. The molecule has 0 aliphatic carbocycles. The molecule has 118 valence electrons. The Morgan fingerprint density at radius 3 is 2.43 bits per heavy atom. The van der Waals surface area contributed by atoms with Crippen LogP contribution in [0.5, 0.6) is 5.75 Å². The molecule has 4 heteroatoms. The summed E-state index contributed by atoms with van der Waals surface area (Å²) in [5.74, 6) is 1.40. The predicted octanol–water partition coefficient (Wildman–Crippen LogP) is 2.46. The van der Waals surface area contributed by atoms with Crippen molar-refractivity contribution in [2.75, 3.05) is 19.7 Å². The first-order chi connectivity index (χ1) is 9.85. The van der Waals surface area contributed by atoms with E-state index in [1.165, 1.54) is 5.56 Å². The van der Waals surface area contributed by atoms with Crippen LogP contribution in [0.25, 0.3) is 0 Å². The van der Waals surface area contributed by atoms with E-state index in [4.69, 9.17) is 10.5 Å². The zero-order valence-corrected chi connectivity index (χ0v) is 13.6. The van der Waals surface area contributed by atoms with Crippen LogP contribution in [0.1, 0.15) is 39.7 Å². The number of nitrogens with two attached hydrogens (primary N) is 1. The average molecular weight is 292 g/mol. The van der Waals surface area contributed by atoms with Gasteiger partial charge in [0.15, 0.2) is 0 Å². The van der Waals surface area contributed by atoms with Crippen LogP contribution in [-0.4, -0.2) is 25.6 Å². The van der Waals surface area contributed by atoms with Crippen molar-refractivity contribution in [2.45, 2.75) is 39.5 Å². The molecule has 0 fully saturated rings. The molecular weight excluding hydrogens is 264 g/mol. The fourth-order valence-corrected chi connectivity index (χ4v) is 1.91. The Bertz CT molecular complexity index is 439. The Hall–Kier alpha value is -1.55. The average Bonchev–Trinajstić information content (AvgIpc) is 2.44. The molecule has 0 spiro atoms. The second kappa shape index (κ2) is 8.03. The summed E-state index contributed by atoms with van der Waals surface area (Å²) in [5, 5.41) is 2.93. The van der Waals surface area contributed by atoms with E-state index in [9.17, 15) is 4.79 Å². The summed E-state index contributed by atoms with van der Waals surface area (Å²) in [5.41, 5.74) is 6.42. The van der Waals surface area contributed by atoms with Crippen LogP contribution >= 0.6 is 0 Å².